The third kappa shape index (κ3) is 5.65. The Morgan fingerprint density at radius 2 is 1.93 bits per heavy atom. The van der Waals surface area contributed by atoms with E-state index in [0.717, 1.165) is 17.7 Å². The lowest BCUT2D eigenvalue weighted by molar-refractivity contribution is -0.0493. The van der Waals surface area contributed by atoms with Gasteiger partial charge in [0.05, 0.1) is 11.4 Å². The van der Waals surface area contributed by atoms with Crippen molar-refractivity contribution in [3.05, 3.63) is 70.7 Å². The van der Waals surface area contributed by atoms with E-state index in [9.17, 15) is 14.0 Å². The normalized spacial score (nSPS) is 11.6. The fraction of sp³-hybridized carbons (Fsp3) is 0.217. The molecule has 3 aromatic rings. The first-order chi connectivity index (χ1) is 14.5. The summed E-state index contributed by atoms with van der Waals surface area (Å²) in [4.78, 5) is 4.56. The molecule has 1 heterocycles. The van der Waals surface area contributed by atoms with Crippen molar-refractivity contribution in [1.29, 1.82) is 5.26 Å². The summed E-state index contributed by atoms with van der Waals surface area (Å²) in [5.41, 5.74) is 3.67. The van der Waals surface area contributed by atoms with Gasteiger partial charge in [0, 0.05) is 17.1 Å². The summed E-state index contributed by atoms with van der Waals surface area (Å²) in [6, 6.07) is 16.7. The van der Waals surface area contributed by atoms with Gasteiger partial charge in [-0.15, -0.1) is 11.3 Å². The molecule has 0 radical (unpaired) electrons. The van der Waals surface area contributed by atoms with Crippen LogP contribution in [0.2, 0.25) is 0 Å². The molecular weight excluding hydrogens is 404 g/mol. The summed E-state index contributed by atoms with van der Waals surface area (Å²) in [5, 5.41) is 14.8. The van der Waals surface area contributed by atoms with E-state index >= 15 is 0 Å². The average molecular weight is 426 g/mol. The maximum Gasteiger partial charge on any atom is 0.387 e. The SMILES string of the molecule is CC(C)Cc1ccc(-c2csc(/C(C#N)=C/Nc3ccccc3OC(F)F)n2)cc1. The van der Waals surface area contributed by atoms with Crippen LogP contribution in [0.3, 0.4) is 0 Å². The molecule has 2 aromatic carbocycles. The van der Waals surface area contributed by atoms with Crippen LogP contribution in [0.1, 0.15) is 24.4 Å². The van der Waals surface area contributed by atoms with Crippen LogP contribution in [-0.4, -0.2) is 11.6 Å². The Morgan fingerprint density at radius 3 is 2.60 bits per heavy atom. The number of hydrogen-bond acceptors (Lipinski definition) is 5. The number of alkyl halides is 2. The lowest BCUT2D eigenvalue weighted by Gasteiger charge is -2.10. The average Bonchev–Trinajstić information content (AvgIpc) is 3.19. The number of aromatic nitrogens is 1. The number of hydrogen-bond donors (Lipinski definition) is 1. The molecule has 0 saturated carbocycles. The number of para-hydroxylation sites is 2. The lowest BCUT2D eigenvalue weighted by atomic mass is 10.0. The maximum atomic E-state index is 12.6. The Hall–Kier alpha value is -3.24. The minimum absolute atomic E-state index is 0.00218. The van der Waals surface area contributed by atoms with Crippen molar-refractivity contribution in [3.63, 3.8) is 0 Å². The molecule has 1 N–H and O–H groups in total. The number of nitrogens with one attached hydrogen (secondary N) is 1. The largest absolute Gasteiger partial charge is 0.433 e. The molecule has 4 nitrogen and oxygen atoms in total. The van der Waals surface area contributed by atoms with Crippen LogP contribution in [0.25, 0.3) is 16.8 Å². The van der Waals surface area contributed by atoms with Crippen molar-refractivity contribution in [3.8, 4) is 23.1 Å². The molecule has 1 aromatic heterocycles. The number of halogens is 2. The van der Waals surface area contributed by atoms with Gasteiger partial charge in [-0.2, -0.15) is 14.0 Å². The molecular formula is C23H21F2N3OS. The van der Waals surface area contributed by atoms with Crippen molar-refractivity contribution in [2.24, 2.45) is 5.92 Å². The quantitative estimate of drug-likeness (QED) is 0.414. The molecule has 0 amide bonds. The van der Waals surface area contributed by atoms with Gasteiger partial charge < -0.3 is 10.1 Å². The number of nitrogens with zero attached hydrogens (tertiary/aromatic N) is 2. The molecule has 0 unspecified atom stereocenters. The second kappa shape index (κ2) is 9.99. The molecule has 7 heteroatoms. The first kappa shape index (κ1) is 21.5. The molecule has 0 fully saturated rings. The zero-order valence-corrected chi connectivity index (χ0v) is 17.4. The van der Waals surface area contributed by atoms with Crippen LogP contribution in [0.4, 0.5) is 14.5 Å². The minimum Gasteiger partial charge on any atom is -0.433 e. The van der Waals surface area contributed by atoms with E-state index in [4.69, 9.17) is 0 Å². The maximum absolute atomic E-state index is 12.6. The van der Waals surface area contributed by atoms with Crippen LogP contribution in [0, 0.1) is 17.2 Å². The van der Waals surface area contributed by atoms with Gasteiger partial charge in [-0.05, 0) is 30.0 Å². The van der Waals surface area contributed by atoms with Crippen molar-refractivity contribution in [1.82, 2.24) is 4.98 Å². The molecule has 0 aliphatic rings. The first-order valence-electron chi connectivity index (χ1n) is 9.42. The first-order valence-corrected chi connectivity index (χ1v) is 10.3. The fourth-order valence-electron chi connectivity index (χ4n) is 2.89. The number of anilines is 1. The van der Waals surface area contributed by atoms with Gasteiger partial charge >= 0.3 is 6.61 Å². The highest BCUT2D eigenvalue weighted by atomic mass is 32.1. The molecule has 0 spiro atoms. The summed E-state index contributed by atoms with van der Waals surface area (Å²) in [5.74, 6) is 0.594. The monoisotopic (exact) mass is 425 g/mol. The van der Waals surface area contributed by atoms with Gasteiger partial charge in [0.1, 0.15) is 22.4 Å². The van der Waals surface area contributed by atoms with Gasteiger partial charge in [0.15, 0.2) is 0 Å². The lowest BCUT2D eigenvalue weighted by Crippen LogP contribution is -2.04. The fourth-order valence-corrected chi connectivity index (χ4v) is 3.68. The zero-order chi connectivity index (χ0) is 21.5. The van der Waals surface area contributed by atoms with E-state index in [1.807, 2.05) is 17.5 Å². The smallest absolute Gasteiger partial charge is 0.387 e. The van der Waals surface area contributed by atoms with Crippen LogP contribution < -0.4 is 10.1 Å². The number of allylic oxidation sites excluding steroid dienone is 1. The molecule has 0 aliphatic carbocycles. The second-order valence-electron chi connectivity index (χ2n) is 7.02. The summed E-state index contributed by atoms with van der Waals surface area (Å²) in [7, 11) is 0. The standard InChI is InChI=1S/C23H21F2N3OS/c1-15(2)11-16-7-9-17(10-8-16)20-14-30-22(28-20)18(12-26)13-27-19-5-3-4-6-21(19)29-23(24)25/h3-10,13-15,23,27H,11H2,1-2H3/b18-13+. The van der Waals surface area contributed by atoms with E-state index < -0.39 is 6.61 Å². The van der Waals surface area contributed by atoms with Gasteiger partial charge in [-0.1, -0.05) is 50.2 Å². The summed E-state index contributed by atoms with van der Waals surface area (Å²) >= 11 is 1.35. The summed E-state index contributed by atoms with van der Waals surface area (Å²) < 4.78 is 29.6. The predicted molar refractivity (Wildman–Crippen MR) is 116 cm³/mol. The highest BCUT2D eigenvalue weighted by molar-refractivity contribution is 7.11. The number of benzene rings is 2. The Balaban J connectivity index is 1.77. The van der Waals surface area contributed by atoms with E-state index in [1.54, 1.807) is 18.2 Å². The molecule has 0 bridgehead atoms. The Kier molecular flexibility index (Phi) is 7.15. The van der Waals surface area contributed by atoms with Crippen molar-refractivity contribution in [2.45, 2.75) is 26.9 Å². The molecule has 154 valence electrons. The van der Waals surface area contributed by atoms with Crippen LogP contribution in [0.15, 0.2) is 60.1 Å². The zero-order valence-electron chi connectivity index (χ0n) is 16.6. The van der Waals surface area contributed by atoms with E-state index in [0.29, 0.717) is 22.2 Å². The van der Waals surface area contributed by atoms with Crippen LogP contribution >= 0.6 is 11.3 Å². The molecule has 0 aliphatic heterocycles. The highest BCUT2D eigenvalue weighted by Crippen LogP contribution is 2.29. The number of nitriles is 1. The van der Waals surface area contributed by atoms with Crippen molar-refractivity contribution < 1.29 is 13.5 Å². The highest BCUT2D eigenvalue weighted by Gasteiger charge is 2.11. The number of ether oxygens (including phenoxy) is 1. The molecule has 30 heavy (non-hydrogen) atoms. The molecule has 0 atom stereocenters. The minimum atomic E-state index is -2.93. The van der Waals surface area contributed by atoms with Crippen molar-refractivity contribution >= 4 is 22.6 Å². The second-order valence-corrected chi connectivity index (χ2v) is 7.88. The summed E-state index contributed by atoms with van der Waals surface area (Å²) in [6.45, 7) is 1.44. The van der Waals surface area contributed by atoms with Crippen molar-refractivity contribution in [2.75, 3.05) is 5.32 Å². The Morgan fingerprint density at radius 1 is 1.20 bits per heavy atom. The van der Waals surface area contributed by atoms with E-state index in [1.165, 1.54) is 29.2 Å². The summed E-state index contributed by atoms with van der Waals surface area (Å²) in [6.07, 6.45) is 2.47. The van der Waals surface area contributed by atoms with Gasteiger partial charge in [-0.25, -0.2) is 4.98 Å². The predicted octanol–water partition coefficient (Wildman–Crippen LogP) is 6.59. The van der Waals surface area contributed by atoms with Gasteiger partial charge in [0.25, 0.3) is 0 Å². The Labute approximate surface area is 178 Å². The van der Waals surface area contributed by atoms with Crippen LogP contribution in [0.5, 0.6) is 5.75 Å². The number of thiazole rings is 1. The number of rotatable bonds is 8. The van der Waals surface area contributed by atoms with E-state index in [2.05, 4.69) is 47.1 Å². The molecule has 3 rings (SSSR count). The molecule has 0 saturated heterocycles. The third-order valence-electron chi connectivity index (χ3n) is 4.22. The van der Waals surface area contributed by atoms with Gasteiger partial charge in [0.2, 0.25) is 0 Å². The third-order valence-corrected chi connectivity index (χ3v) is 5.10. The van der Waals surface area contributed by atoms with Crippen LogP contribution in [-0.2, 0) is 6.42 Å². The van der Waals surface area contributed by atoms with E-state index in [-0.39, 0.29) is 5.75 Å². The topological polar surface area (TPSA) is 57.9 Å². The Bertz CT molecular complexity index is 1050. The van der Waals surface area contributed by atoms with Gasteiger partial charge in [-0.3, -0.25) is 0 Å².